The van der Waals surface area contributed by atoms with Gasteiger partial charge in [-0.1, -0.05) is 60.7 Å². The molecule has 0 aliphatic heterocycles. The van der Waals surface area contributed by atoms with Crippen molar-refractivity contribution in [2.45, 2.75) is 30.8 Å². The molecule has 0 radical (unpaired) electrons. The molecular weight excluding hydrogens is 501 g/mol. The standard InChI is InChI=1S/C34H32FN3S/c35-33-15-13-30(14-16-33)32-20-28(22-37-24-32)26-38(17-7-8-18-39-34-11-5-2-6-12-34)25-27-19-31(23-36-21-27)29-9-3-1-4-10-29/h1-6,9-16,19-24H,7-8,17-18,25-26H2. The second kappa shape index (κ2) is 13.8. The second-order valence-electron chi connectivity index (χ2n) is 9.62. The summed E-state index contributed by atoms with van der Waals surface area (Å²) in [7, 11) is 0. The molecule has 0 amide bonds. The first-order valence-corrected chi connectivity index (χ1v) is 14.3. The number of nitrogens with zero attached hydrogens (tertiary/aromatic N) is 3. The minimum Gasteiger partial charge on any atom is -0.295 e. The van der Waals surface area contributed by atoms with Crippen LogP contribution in [0.25, 0.3) is 22.3 Å². The smallest absolute Gasteiger partial charge is 0.123 e. The summed E-state index contributed by atoms with van der Waals surface area (Å²) in [6, 6.07) is 32.0. The predicted octanol–water partition coefficient (Wildman–Crippen LogP) is 8.52. The summed E-state index contributed by atoms with van der Waals surface area (Å²) < 4.78 is 13.4. The summed E-state index contributed by atoms with van der Waals surface area (Å²) in [4.78, 5) is 12.9. The van der Waals surface area contributed by atoms with E-state index < -0.39 is 0 Å². The van der Waals surface area contributed by atoms with Gasteiger partial charge in [0, 0.05) is 53.9 Å². The molecule has 0 saturated carbocycles. The second-order valence-corrected chi connectivity index (χ2v) is 10.8. The number of halogens is 1. The van der Waals surface area contributed by atoms with Crippen LogP contribution < -0.4 is 0 Å². The third-order valence-corrected chi connectivity index (χ3v) is 7.67. The third-order valence-electron chi connectivity index (χ3n) is 6.57. The molecule has 0 spiro atoms. The van der Waals surface area contributed by atoms with Crippen molar-refractivity contribution in [3.8, 4) is 22.3 Å². The van der Waals surface area contributed by atoms with Crippen LogP contribution in [0.1, 0.15) is 24.0 Å². The van der Waals surface area contributed by atoms with E-state index in [0.29, 0.717) is 0 Å². The van der Waals surface area contributed by atoms with E-state index in [4.69, 9.17) is 0 Å². The van der Waals surface area contributed by atoms with Crippen LogP contribution in [0.5, 0.6) is 0 Å². The summed E-state index contributed by atoms with van der Waals surface area (Å²) in [5.41, 5.74) is 6.61. The van der Waals surface area contributed by atoms with E-state index in [1.807, 2.05) is 42.6 Å². The van der Waals surface area contributed by atoms with Gasteiger partial charge in [0.2, 0.25) is 0 Å². The van der Waals surface area contributed by atoms with E-state index in [0.717, 1.165) is 60.5 Å². The molecule has 0 atom stereocenters. The Morgan fingerprint density at radius 3 is 1.77 bits per heavy atom. The zero-order valence-corrected chi connectivity index (χ0v) is 22.7. The molecule has 0 saturated heterocycles. The Balaban J connectivity index is 1.28. The molecule has 5 heteroatoms. The van der Waals surface area contributed by atoms with Crippen molar-refractivity contribution in [1.82, 2.24) is 14.9 Å². The van der Waals surface area contributed by atoms with Crippen LogP contribution in [0.3, 0.4) is 0 Å². The fraction of sp³-hybridized carbons (Fsp3) is 0.176. The molecule has 0 aliphatic rings. The van der Waals surface area contributed by atoms with Crippen molar-refractivity contribution < 1.29 is 4.39 Å². The van der Waals surface area contributed by atoms with E-state index in [1.165, 1.54) is 28.2 Å². The Labute approximate surface area is 234 Å². The summed E-state index contributed by atoms with van der Waals surface area (Å²) in [5.74, 6) is 0.871. The topological polar surface area (TPSA) is 29.0 Å². The highest BCUT2D eigenvalue weighted by Crippen LogP contribution is 2.23. The van der Waals surface area contributed by atoms with Gasteiger partial charge >= 0.3 is 0 Å². The number of benzene rings is 3. The normalized spacial score (nSPS) is 11.1. The fourth-order valence-corrected chi connectivity index (χ4v) is 5.55. The van der Waals surface area contributed by atoms with Crippen LogP contribution >= 0.6 is 11.8 Å². The van der Waals surface area contributed by atoms with Gasteiger partial charge in [0.1, 0.15) is 5.82 Å². The summed E-state index contributed by atoms with van der Waals surface area (Å²) in [6.45, 7) is 2.56. The lowest BCUT2D eigenvalue weighted by Gasteiger charge is -2.23. The van der Waals surface area contributed by atoms with Gasteiger partial charge in [0.25, 0.3) is 0 Å². The van der Waals surface area contributed by atoms with Crippen molar-refractivity contribution >= 4 is 11.8 Å². The van der Waals surface area contributed by atoms with Crippen molar-refractivity contribution in [2.24, 2.45) is 0 Å². The highest BCUT2D eigenvalue weighted by atomic mass is 32.2. The molecule has 0 N–H and O–H groups in total. The van der Waals surface area contributed by atoms with Gasteiger partial charge in [-0.15, -0.1) is 11.8 Å². The molecule has 39 heavy (non-hydrogen) atoms. The fourth-order valence-electron chi connectivity index (χ4n) is 4.61. The number of aromatic nitrogens is 2. The van der Waals surface area contributed by atoms with E-state index in [1.54, 1.807) is 12.1 Å². The van der Waals surface area contributed by atoms with Crippen molar-refractivity contribution in [3.63, 3.8) is 0 Å². The van der Waals surface area contributed by atoms with Crippen LogP contribution in [0.15, 0.2) is 127 Å². The maximum absolute atomic E-state index is 13.4. The number of rotatable bonds is 12. The molecule has 5 rings (SSSR count). The number of hydrogen-bond acceptors (Lipinski definition) is 4. The highest BCUT2D eigenvalue weighted by Gasteiger charge is 2.11. The SMILES string of the molecule is Fc1ccc(-c2cncc(CN(CCCCSc3ccccc3)Cc3cncc(-c4ccccc4)c3)c2)cc1. The molecule has 0 unspecified atom stereocenters. The number of unbranched alkanes of at least 4 members (excludes halogenated alkanes) is 1. The Morgan fingerprint density at radius 2 is 1.15 bits per heavy atom. The van der Waals surface area contributed by atoms with Crippen molar-refractivity contribution in [3.05, 3.63) is 139 Å². The Morgan fingerprint density at radius 1 is 0.590 bits per heavy atom. The largest absolute Gasteiger partial charge is 0.295 e. The van der Waals surface area contributed by atoms with E-state index in [9.17, 15) is 4.39 Å². The lowest BCUT2D eigenvalue weighted by molar-refractivity contribution is 0.252. The molecule has 2 heterocycles. The van der Waals surface area contributed by atoms with Crippen LogP contribution in [0.4, 0.5) is 4.39 Å². The first-order chi connectivity index (χ1) is 19.2. The van der Waals surface area contributed by atoms with Crippen molar-refractivity contribution in [2.75, 3.05) is 12.3 Å². The zero-order valence-electron chi connectivity index (χ0n) is 21.9. The first kappa shape index (κ1) is 26.8. The van der Waals surface area contributed by atoms with Gasteiger partial charge in [-0.25, -0.2) is 4.39 Å². The lowest BCUT2D eigenvalue weighted by atomic mass is 10.0. The minimum atomic E-state index is -0.231. The quantitative estimate of drug-likeness (QED) is 0.119. The Bertz CT molecular complexity index is 1440. The van der Waals surface area contributed by atoms with E-state index >= 15 is 0 Å². The highest BCUT2D eigenvalue weighted by molar-refractivity contribution is 7.99. The number of pyridine rings is 2. The average Bonchev–Trinajstić information content (AvgIpc) is 2.98. The molecule has 2 aromatic heterocycles. The van der Waals surface area contributed by atoms with Gasteiger partial charge in [0.05, 0.1) is 0 Å². The van der Waals surface area contributed by atoms with Crippen LogP contribution in [0, 0.1) is 5.82 Å². The average molecular weight is 534 g/mol. The van der Waals surface area contributed by atoms with Crippen molar-refractivity contribution in [1.29, 1.82) is 0 Å². The van der Waals surface area contributed by atoms with Crippen LogP contribution in [-0.4, -0.2) is 27.2 Å². The molecule has 196 valence electrons. The molecule has 0 bridgehead atoms. The lowest BCUT2D eigenvalue weighted by Crippen LogP contribution is -2.24. The number of hydrogen-bond donors (Lipinski definition) is 0. The maximum Gasteiger partial charge on any atom is 0.123 e. The van der Waals surface area contributed by atoms with Crippen LogP contribution in [0.2, 0.25) is 0 Å². The molecule has 5 aromatic rings. The maximum atomic E-state index is 13.4. The summed E-state index contributed by atoms with van der Waals surface area (Å²) in [5, 5.41) is 0. The summed E-state index contributed by atoms with van der Waals surface area (Å²) in [6.07, 6.45) is 9.93. The first-order valence-electron chi connectivity index (χ1n) is 13.3. The minimum absolute atomic E-state index is 0.231. The molecule has 0 aliphatic carbocycles. The third kappa shape index (κ3) is 8.09. The molecular formula is C34H32FN3S. The van der Waals surface area contributed by atoms with Crippen LogP contribution in [-0.2, 0) is 13.1 Å². The van der Waals surface area contributed by atoms with Gasteiger partial charge in [-0.2, -0.15) is 0 Å². The summed E-state index contributed by atoms with van der Waals surface area (Å²) >= 11 is 1.91. The molecule has 3 aromatic carbocycles. The number of thioether (sulfide) groups is 1. The van der Waals surface area contributed by atoms with Gasteiger partial charge in [-0.3, -0.25) is 14.9 Å². The van der Waals surface area contributed by atoms with Gasteiger partial charge in [-0.05, 0) is 83.8 Å². The van der Waals surface area contributed by atoms with E-state index in [-0.39, 0.29) is 5.82 Å². The zero-order chi connectivity index (χ0) is 26.7. The van der Waals surface area contributed by atoms with E-state index in [2.05, 4.69) is 81.6 Å². The monoisotopic (exact) mass is 533 g/mol. The molecule has 3 nitrogen and oxygen atoms in total. The molecule has 0 fully saturated rings. The van der Waals surface area contributed by atoms with Gasteiger partial charge in [0.15, 0.2) is 0 Å². The van der Waals surface area contributed by atoms with Gasteiger partial charge < -0.3 is 0 Å². The Hall–Kier alpha value is -3.80. The predicted molar refractivity (Wildman–Crippen MR) is 160 cm³/mol. The Kier molecular flexibility index (Phi) is 9.50.